The van der Waals surface area contributed by atoms with E-state index in [0.717, 1.165) is 24.3 Å². The van der Waals surface area contributed by atoms with E-state index in [-0.39, 0.29) is 5.56 Å². The van der Waals surface area contributed by atoms with Crippen LogP contribution in [0.15, 0.2) is 42.5 Å². The van der Waals surface area contributed by atoms with E-state index in [1.807, 2.05) is 0 Å². The number of halogens is 4. The van der Waals surface area contributed by atoms with E-state index in [1.165, 1.54) is 12.1 Å². The standard InChI is InChI=1S/C14H8ClF3O/c15-13(8-1-3-9(16)4-2-8)14(19)11-6-5-10(17)7-12(11)18/h1-7,13H. The van der Waals surface area contributed by atoms with Crippen molar-refractivity contribution < 1.29 is 18.0 Å². The number of alkyl halides is 1. The minimum Gasteiger partial charge on any atom is -0.292 e. The van der Waals surface area contributed by atoms with Crippen LogP contribution in [0.2, 0.25) is 0 Å². The Kier molecular flexibility index (Phi) is 3.90. The fraction of sp³-hybridized carbons (Fsp3) is 0.0714. The van der Waals surface area contributed by atoms with Crippen molar-refractivity contribution in [1.29, 1.82) is 0 Å². The lowest BCUT2D eigenvalue weighted by atomic mass is 10.0. The van der Waals surface area contributed by atoms with Gasteiger partial charge >= 0.3 is 0 Å². The van der Waals surface area contributed by atoms with Crippen molar-refractivity contribution >= 4 is 17.4 Å². The Balaban J connectivity index is 2.30. The third-order valence-corrected chi connectivity index (χ3v) is 3.04. The Bertz CT molecular complexity index is 611. The highest BCUT2D eigenvalue weighted by Gasteiger charge is 2.22. The lowest BCUT2D eigenvalue weighted by Crippen LogP contribution is -2.10. The average molecular weight is 285 g/mol. The topological polar surface area (TPSA) is 17.1 Å². The SMILES string of the molecule is O=C(c1ccc(F)cc1F)C(Cl)c1ccc(F)cc1. The van der Waals surface area contributed by atoms with Gasteiger partial charge in [0.15, 0.2) is 5.78 Å². The van der Waals surface area contributed by atoms with E-state index < -0.39 is 28.6 Å². The maximum atomic E-state index is 13.5. The maximum Gasteiger partial charge on any atom is 0.188 e. The average Bonchev–Trinajstić information content (AvgIpc) is 2.38. The molecule has 19 heavy (non-hydrogen) atoms. The second-order valence-corrected chi connectivity index (χ2v) is 4.34. The van der Waals surface area contributed by atoms with Crippen LogP contribution in [-0.2, 0) is 0 Å². The summed E-state index contributed by atoms with van der Waals surface area (Å²) >= 11 is 5.92. The molecule has 0 saturated heterocycles. The molecule has 0 fully saturated rings. The van der Waals surface area contributed by atoms with Crippen LogP contribution < -0.4 is 0 Å². The summed E-state index contributed by atoms with van der Waals surface area (Å²) in [6.45, 7) is 0. The first-order valence-corrected chi connectivity index (χ1v) is 5.81. The molecule has 0 radical (unpaired) electrons. The van der Waals surface area contributed by atoms with Gasteiger partial charge in [-0.05, 0) is 29.8 Å². The fourth-order valence-corrected chi connectivity index (χ4v) is 1.87. The van der Waals surface area contributed by atoms with Gasteiger partial charge in [0, 0.05) is 6.07 Å². The Morgan fingerprint density at radius 2 is 1.53 bits per heavy atom. The van der Waals surface area contributed by atoms with Gasteiger partial charge in [0.1, 0.15) is 22.8 Å². The predicted octanol–water partition coefficient (Wildman–Crippen LogP) is 4.27. The molecule has 0 N–H and O–H groups in total. The summed E-state index contributed by atoms with van der Waals surface area (Å²) in [5.74, 6) is -2.92. The number of carbonyl (C=O) groups excluding carboxylic acids is 1. The first-order valence-electron chi connectivity index (χ1n) is 5.38. The summed E-state index contributed by atoms with van der Waals surface area (Å²) in [5.41, 5.74) is 0.0440. The summed E-state index contributed by atoms with van der Waals surface area (Å²) in [4.78, 5) is 12.0. The van der Waals surface area contributed by atoms with Crippen molar-refractivity contribution in [3.05, 3.63) is 71.0 Å². The highest BCUT2D eigenvalue weighted by atomic mass is 35.5. The minimum atomic E-state index is -1.15. The van der Waals surface area contributed by atoms with E-state index >= 15 is 0 Å². The molecule has 0 amide bonds. The number of Topliss-reactive ketones (excluding diaryl/α,β-unsaturated/α-hetero) is 1. The van der Waals surface area contributed by atoms with E-state index in [2.05, 4.69) is 0 Å². The molecule has 98 valence electrons. The molecule has 0 heterocycles. The molecule has 1 nitrogen and oxygen atoms in total. The van der Waals surface area contributed by atoms with Gasteiger partial charge in [0.05, 0.1) is 5.56 Å². The van der Waals surface area contributed by atoms with Gasteiger partial charge in [-0.2, -0.15) is 0 Å². The van der Waals surface area contributed by atoms with E-state index in [4.69, 9.17) is 11.6 Å². The third-order valence-electron chi connectivity index (χ3n) is 2.59. The predicted molar refractivity (Wildman–Crippen MR) is 65.7 cm³/mol. The van der Waals surface area contributed by atoms with Crippen molar-refractivity contribution in [2.75, 3.05) is 0 Å². The van der Waals surface area contributed by atoms with Gasteiger partial charge in [-0.1, -0.05) is 12.1 Å². The molecule has 0 aliphatic carbocycles. The molecule has 2 aromatic carbocycles. The van der Waals surface area contributed by atoms with Gasteiger partial charge in [-0.15, -0.1) is 11.6 Å². The van der Waals surface area contributed by atoms with Gasteiger partial charge in [-0.3, -0.25) is 4.79 Å². The van der Waals surface area contributed by atoms with Gasteiger partial charge < -0.3 is 0 Å². The number of hydrogen-bond acceptors (Lipinski definition) is 1. The van der Waals surface area contributed by atoms with Crippen molar-refractivity contribution in [3.63, 3.8) is 0 Å². The largest absolute Gasteiger partial charge is 0.292 e. The molecule has 2 aromatic rings. The monoisotopic (exact) mass is 284 g/mol. The van der Waals surface area contributed by atoms with Gasteiger partial charge in [0.25, 0.3) is 0 Å². The highest BCUT2D eigenvalue weighted by molar-refractivity contribution is 6.33. The zero-order chi connectivity index (χ0) is 14.0. The molecule has 1 unspecified atom stereocenters. The van der Waals surface area contributed by atoms with Crippen molar-refractivity contribution in [2.24, 2.45) is 0 Å². The summed E-state index contributed by atoms with van der Waals surface area (Å²) in [5, 5.41) is -1.15. The fourth-order valence-electron chi connectivity index (χ4n) is 1.61. The third kappa shape index (κ3) is 2.96. The van der Waals surface area contributed by atoms with E-state index in [9.17, 15) is 18.0 Å². The molecule has 0 spiro atoms. The number of ketones is 1. The first-order chi connectivity index (χ1) is 8.99. The van der Waals surface area contributed by atoms with Crippen LogP contribution in [0.3, 0.4) is 0 Å². The van der Waals surface area contributed by atoms with Crippen LogP contribution in [0.4, 0.5) is 13.2 Å². The minimum absolute atomic E-state index is 0.300. The number of carbonyl (C=O) groups is 1. The van der Waals surface area contributed by atoms with Crippen LogP contribution in [-0.4, -0.2) is 5.78 Å². The van der Waals surface area contributed by atoms with Crippen molar-refractivity contribution in [3.8, 4) is 0 Å². The van der Waals surface area contributed by atoms with Crippen molar-refractivity contribution in [2.45, 2.75) is 5.38 Å². The lowest BCUT2D eigenvalue weighted by molar-refractivity contribution is 0.0983. The second kappa shape index (κ2) is 5.45. The first kappa shape index (κ1) is 13.6. The van der Waals surface area contributed by atoms with Gasteiger partial charge in [-0.25, -0.2) is 13.2 Å². The van der Waals surface area contributed by atoms with Crippen LogP contribution in [0, 0.1) is 17.5 Å². The van der Waals surface area contributed by atoms with E-state index in [0.29, 0.717) is 11.6 Å². The smallest absolute Gasteiger partial charge is 0.188 e. The van der Waals surface area contributed by atoms with Crippen molar-refractivity contribution in [1.82, 2.24) is 0 Å². The maximum absolute atomic E-state index is 13.5. The summed E-state index contributed by atoms with van der Waals surface area (Å²) < 4.78 is 39.0. The molecule has 0 aromatic heterocycles. The molecule has 0 saturated carbocycles. The molecule has 0 bridgehead atoms. The number of hydrogen-bond donors (Lipinski definition) is 0. The Hall–Kier alpha value is -1.81. The normalized spacial score (nSPS) is 12.2. The second-order valence-electron chi connectivity index (χ2n) is 3.90. The summed E-state index contributed by atoms with van der Waals surface area (Å²) in [6, 6.07) is 7.61. The summed E-state index contributed by atoms with van der Waals surface area (Å²) in [6.07, 6.45) is 0. The number of rotatable bonds is 3. The highest BCUT2D eigenvalue weighted by Crippen LogP contribution is 2.26. The van der Waals surface area contributed by atoms with Crippen LogP contribution in [0.25, 0.3) is 0 Å². The van der Waals surface area contributed by atoms with E-state index in [1.54, 1.807) is 0 Å². The van der Waals surface area contributed by atoms with Gasteiger partial charge in [0.2, 0.25) is 0 Å². The zero-order valence-electron chi connectivity index (χ0n) is 9.54. The Labute approximate surface area is 112 Å². The molecular formula is C14H8ClF3O. The molecule has 2 rings (SSSR count). The molecule has 0 aliphatic heterocycles. The van der Waals surface area contributed by atoms with Crippen LogP contribution >= 0.6 is 11.6 Å². The Morgan fingerprint density at radius 1 is 0.947 bits per heavy atom. The molecular weight excluding hydrogens is 277 g/mol. The molecule has 0 aliphatic rings. The zero-order valence-corrected chi connectivity index (χ0v) is 10.3. The van der Waals surface area contributed by atoms with Crippen LogP contribution in [0.5, 0.6) is 0 Å². The number of benzene rings is 2. The quantitative estimate of drug-likeness (QED) is 0.608. The molecule has 1 atom stereocenters. The Morgan fingerprint density at radius 3 is 2.11 bits per heavy atom. The summed E-state index contributed by atoms with van der Waals surface area (Å²) in [7, 11) is 0. The molecule has 5 heteroatoms. The lowest BCUT2D eigenvalue weighted by Gasteiger charge is -2.09. The van der Waals surface area contributed by atoms with Crippen LogP contribution in [0.1, 0.15) is 21.3 Å².